The van der Waals surface area contributed by atoms with Gasteiger partial charge in [0.1, 0.15) is 5.82 Å². The molecule has 3 aromatic rings. The van der Waals surface area contributed by atoms with Crippen molar-refractivity contribution < 1.29 is 28.2 Å². The lowest BCUT2D eigenvalue weighted by Crippen LogP contribution is -2.47. The fraction of sp³-hybridized carbons (Fsp3) is 0.419. The highest BCUT2D eigenvalue weighted by Gasteiger charge is 2.39. The van der Waals surface area contributed by atoms with Crippen molar-refractivity contribution in [3.63, 3.8) is 0 Å². The maximum atomic E-state index is 14.5. The molecule has 2 aliphatic rings. The van der Waals surface area contributed by atoms with Crippen molar-refractivity contribution in [2.75, 3.05) is 59.3 Å². The molecular weight excluding hydrogens is 557 g/mol. The number of likely N-dealkylation sites (N-methyl/N-ethyl adjacent to an activating group) is 1. The zero-order valence-electron chi connectivity index (χ0n) is 24.3. The number of nitrogens with zero attached hydrogens (tertiary/aromatic N) is 4. The number of amides is 2. The zero-order valence-corrected chi connectivity index (χ0v) is 24.3. The Morgan fingerprint density at radius 1 is 1.14 bits per heavy atom. The van der Waals surface area contributed by atoms with Crippen molar-refractivity contribution in [3.8, 4) is 5.75 Å². The molecule has 1 unspecified atom stereocenters. The monoisotopic (exact) mass is 593 g/mol. The van der Waals surface area contributed by atoms with Crippen LogP contribution in [0.15, 0.2) is 59.5 Å². The third-order valence-electron chi connectivity index (χ3n) is 7.75. The van der Waals surface area contributed by atoms with E-state index in [1.165, 1.54) is 16.8 Å². The van der Waals surface area contributed by atoms with Gasteiger partial charge in [-0.25, -0.2) is 9.18 Å². The largest absolute Gasteiger partial charge is 0.451 e. The Hall–Kier alpha value is -4.29. The smallest absolute Gasteiger partial charge is 0.410 e. The molecule has 2 atom stereocenters. The summed E-state index contributed by atoms with van der Waals surface area (Å²) in [4.78, 5) is 42.6. The number of nitrogens with one attached hydrogen (secondary N) is 1. The van der Waals surface area contributed by atoms with Crippen LogP contribution in [0.1, 0.15) is 46.1 Å². The van der Waals surface area contributed by atoms with E-state index in [0.717, 1.165) is 30.4 Å². The number of ether oxygens (including phenoxy) is 3. The fourth-order valence-electron chi connectivity index (χ4n) is 5.63. The van der Waals surface area contributed by atoms with Gasteiger partial charge in [0.25, 0.3) is 5.91 Å². The summed E-state index contributed by atoms with van der Waals surface area (Å²) in [5.41, 5.74) is 1.97. The van der Waals surface area contributed by atoms with Gasteiger partial charge in [0, 0.05) is 45.2 Å². The second-order valence-corrected chi connectivity index (χ2v) is 10.6. The number of benzene rings is 2. The minimum Gasteiger partial charge on any atom is -0.451 e. The van der Waals surface area contributed by atoms with Crippen LogP contribution >= 0.6 is 0 Å². The Morgan fingerprint density at radius 3 is 2.60 bits per heavy atom. The van der Waals surface area contributed by atoms with Crippen molar-refractivity contribution in [1.29, 1.82) is 0 Å². The number of aromatic nitrogens is 2. The SMILES string of the molecule is CCN1C[C@H](C(c2cccc(C)c2)c2cccc(F)c2)n2ncc(=O)c(OCOC(=O)NCCN3CCOCC3)c2C1=O. The summed E-state index contributed by atoms with van der Waals surface area (Å²) in [6, 6.07) is 13.7. The van der Waals surface area contributed by atoms with Gasteiger partial charge in [0.15, 0.2) is 5.69 Å². The number of morpholine rings is 1. The van der Waals surface area contributed by atoms with Crippen molar-refractivity contribution in [1.82, 2.24) is 24.9 Å². The molecule has 1 fully saturated rings. The Kier molecular flexibility index (Phi) is 9.68. The Labute approximate surface area is 249 Å². The molecule has 2 aromatic carbocycles. The predicted octanol–water partition coefficient (Wildman–Crippen LogP) is 2.93. The van der Waals surface area contributed by atoms with Gasteiger partial charge in [-0.05, 0) is 37.1 Å². The Balaban J connectivity index is 1.40. The second kappa shape index (κ2) is 13.8. The van der Waals surface area contributed by atoms with Crippen molar-refractivity contribution in [2.24, 2.45) is 0 Å². The van der Waals surface area contributed by atoms with E-state index in [1.54, 1.807) is 11.0 Å². The average Bonchev–Trinajstić information content (AvgIpc) is 3.00. The molecule has 2 aliphatic heterocycles. The first-order valence-corrected chi connectivity index (χ1v) is 14.4. The molecule has 0 spiro atoms. The van der Waals surface area contributed by atoms with Gasteiger partial charge < -0.3 is 24.4 Å². The Morgan fingerprint density at radius 2 is 1.88 bits per heavy atom. The molecule has 1 saturated heterocycles. The molecule has 5 rings (SSSR count). The molecular formula is C31H36FN5O6. The minimum atomic E-state index is -0.707. The quantitative estimate of drug-likeness (QED) is 0.357. The topological polar surface area (TPSA) is 115 Å². The van der Waals surface area contributed by atoms with Crippen LogP contribution in [0, 0.1) is 12.7 Å². The van der Waals surface area contributed by atoms with Crippen LogP contribution < -0.4 is 15.5 Å². The van der Waals surface area contributed by atoms with Gasteiger partial charge in [0.05, 0.1) is 25.5 Å². The summed E-state index contributed by atoms with van der Waals surface area (Å²) in [6.45, 7) is 7.81. The van der Waals surface area contributed by atoms with Gasteiger partial charge in [0.2, 0.25) is 18.0 Å². The number of aryl methyl sites for hydroxylation is 1. The predicted molar refractivity (Wildman–Crippen MR) is 156 cm³/mol. The van der Waals surface area contributed by atoms with Crippen LogP contribution in [0.25, 0.3) is 0 Å². The van der Waals surface area contributed by atoms with E-state index in [4.69, 9.17) is 14.2 Å². The Bertz CT molecular complexity index is 1460. The normalized spacial score (nSPS) is 17.7. The average molecular weight is 594 g/mol. The third kappa shape index (κ3) is 7.03. The van der Waals surface area contributed by atoms with Gasteiger partial charge in [-0.2, -0.15) is 5.10 Å². The molecule has 2 amide bonds. The first-order valence-electron chi connectivity index (χ1n) is 14.4. The number of hydrogen-bond acceptors (Lipinski definition) is 8. The maximum Gasteiger partial charge on any atom is 0.410 e. The summed E-state index contributed by atoms with van der Waals surface area (Å²) in [5, 5.41) is 7.03. The number of halogens is 1. The van der Waals surface area contributed by atoms with Gasteiger partial charge in [-0.3, -0.25) is 19.2 Å². The van der Waals surface area contributed by atoms with Gasteiger partial charge in [-0.15, -0.1) is 0 Å². The van der Waals surface area contributed by atoms with Crippen LogP contribution in [-0.2, 0) is 9.47 Å². The lowest BCUT2D eigenvalue weighted by atomic mass is 9.83. The standard InChI is InChI=1S/C31H36FN5O6/c1-3-36-19-25(27(22-7-4-6-21(2)16-22)23-8-5-9-24(32)17-23)37-28(30(36)39)29(26(38)18-34-37)42-20-43-31(40)33-10-11-35-12-14-41-15-13-35/h4-9,16-18,25,27H,3,10-15,19-20H2,1-2H3,(H,33,40)/t25-,27?/m1/s1. The van der Waals surface area contributed by atoms with E-state index in [9.17, 15) is 18.8 Å². The van der Waals surface area contributed by atoms with E-state index in [1.807, 2.05) is 44.2 Å². The lowest BCUT2D eigenvalue weighted by molar-refractivity contribution is 0.0362. The molecule has 0 bridgehead atoms. The third-order valence-corrected chi connectivity index (χ3v) is 7.75. The van der Waals surface area contributed by atoms with E-state index >= 15 is 0 Å². The number of fused-ring (bicyclic) bond motifs is 1. The number of alkyl carbamates (subject to hydrolysis) is 1. The number of carbonyl (C=O) groups is 2. The van der Waals surface area contributed by atoms with Crippen LogP contribution in [0.3, 0.4) is 0 Å². The highest BCUT2D eigenvalue weighted by Crippen LogP contribution is 2.39. The van der Waals surface area contributed by atoms with Crippen molar-refractivity contribution >= 4 is 12.0 Å². The highest BCUT2D eigenvalue weighted by atomic mass is 19.1. The van der Waals surface area contributed by atoms with E-state index in [2.05, 4.69) is 15.3 Å². The summed E-state index contributed by atoms with van der Waals surface area (Å²) in [5.74, 6) is -1.48. The summed E-state index contributed by atoms with van der Waals surface area (Å²) < 4.78 is 32.1. The van der Waals surface area contributed by atoms with Crippen molar-refractivity contribution in [3.05, 3.63) is 93.2 Å². The number of hydrogen-bond donors (Lipinski definition) is 1. The van der Waals surface area contributed by atoms with Gasteiger partial charge >= 0.3 is 6.09 Å². The molecule has 0 saturated carbocycles. The van der Waals surface area contributed by atoms with Crippen LogP contribution in [0.2, 0.25) is 0 Å². The molecule has 11 nitrogen and oxygen atoms in total. The first-order chi connectivity index (χ1) is 20.9. The molecule has 43 heavy (non-hydrogen) atoms. The molecule has 0 radical (unpaired) electrons. The van der Waals surface area contributed by atoms with Crippen LogP contribution in [0.5, 0.6) is 5.75 Å². The van der Waals surface area contributed by atoms with Crippen LogP contribution in [-0.4, -0.2) is 90.9 Å². The molecule has 1 aromatic heterocycles. The molecule has 0 aliphatic carbocycles. The van der Waals surface area contributed by atoms with E-state index in [0.29, 0.717) is 38.4 Å². The molecule has 3 heterocycles. The second-order valence-electron chi connectivity index (χ2n) is 10.6. The summed E-state index contributed by atoms with van der Waals surface area (Å²) in [7, 11) is 0. The maximum absolute atomic E-state index is 14.5. The van der Waals surface area contributed by atoms with E-state index in [-0.39, 0.29) is 23.8 Å². The summed E-state index contributed by atoms with van der Waals surface area (Å²) >= 11 is 0. The lowest BCUT2D eigenvalue weighted by Gasteiger charge is -2.39. The fourth-order valence-corrected chi connectivity index (χ4v) is 5.63. The zero-order chi connectivity index (χ0) is 30.3. The minimum absolute atomic E-state index is 0.0454. The van der Waals surface area contributed by atoms with E-state index < -0.39 is 36.2 Å². The molecule has 1 N–H and O–H groups in total. The number of rotatable bonds is 10. The van der Waals surface area contributed by atoms with Gasteiger partial charge in [-0.1, -0.05) is 42.0 Å². The molecule has 12 heteroatoms. The molecule has 228 valence electrons. The summed E-state index contributed by atoms with van der Waals surface area (Å²) in [6.07, 6.45) is 0.378. The highest BCUT2D eigenvalue weighted by molar-refractivity contribution is 5.96. The first kappa shape index (κ1) is 30.2. The number of carbonyl (C=O) groups excluding carboxylic acids is 2. The van der Waals surface area contributed by atoms with Crippen molar-refractivity contribution in [2.45, 2.75) is 25.8 Å². The van der Waals surface area contributed by atoms with Crippen LogP contribution in [0.4, 0.5) is 9.18 Å².